The lowest BCUT2D eigenvalue weighted by Crippen LogP contribution is -2.23. The van der Waals surface area contributed by atoms with Gasteiger partial charge < -0.3 is 15.4 Å². The highest BCUT2D eigenvalue weighted by atomic mass is 35.5. The summed E-state index contributed by atoms with van der Waals surface area (Å²) < 4.78 is 5.15. The van der Waals surface area contributed by atoms with Gasteiger partial charge in [-0.2, -0.15) is 0 Å². The Balaban J connectivity index is 1.66. The van der Waals surface area contributed by atoms with E-state index in [-0.39, 0.29) is 5.91 Å². The van der Waals surface area contributed by atoms with E-state index in [9.17, 15) is 4.79 Å². The first-order chi connectivity index (χ1) is 13.0. The number of halogens is 1. The number of nitrogens with one attached hydrogen (secondary N) is 2. The maximum Gasteiger partial charge on any atom is 0.270 e. The van der Waals surface area contributed by atoms with Crippen molar-refractivity contribution in [1.82, 2.24) is 10.3 Å². The van der Waals surface area contributed by atoms with Crippen LogP contribution in [0.2, 0.25) is 5.02 Å². The molecule has 138 valence electrons. The van der Waals surface area contributed by atoms with Gasteiger partial charge in [-0.05, 0) is 42.8 Å². The Labute approximate surface area is 163 Å². The zero-order valence-electron chi connectivity index (χ0n) is 15.1. The Morgan fingerprint density at radius 1 is 1.07 bits per heavy atom. The number of rotatable bonds is 6. The molecular formula is C21H20ClN3O2. The van der Waals surface area contributed by atoms with E-state index in [0.717, 1.165) is 16.9 Å². The number of methoxy groups -OCH3 is 1. The molecule has 6 heteroatoms. The zero-order chi connectivity index (χ0) is 19.2. The van der Waals surface area contributed by atoms with Crippen LogP contribution in [0.4, 0.5) is 11.4 Å². The normalized spacial score (nSPS) is 10.3. The number of ether oxygens (including phenoxy) is 1. The fourth-order valence-corrected chi connectivity index (χ4v) is 2.78. The van der Waals surface area contributed by atoms with Gasteiger partial charge in [-0.15, -0.1) is 0 Å². The monoisotopic (exact) mass is 381 g/mol. The number of hydrogen-bond donors (Lipinski definition) is 2. The largest absolute Gasteiger partial charge is 0.495 e. The lowest BCUT2D eigenvalue weighted by atomic mass is 10.1. The lowest BCUT2D eigenvalue weighted by molar-refractivity contribution is 0.0946. The number of aromatic nitrogens is 1. The van der Waals surface area contributed by atoms with Gasteiger partial charge in [0.05, 0.1) is 12.1 Å². The minimum atomic E-state index is -0.230. The van der Waals surface area contributed by atoms with Crippen molar-refractivity contribution in [2.45, 2.75) is 13.5 Å². The third-order valence-electron chi connectivity index (χ3n) is 4.01. The van der Waals surface area contributed by atoms with E-state index in [4.69, 9.17) is 16.3 Å². The highest BCUT2D eigenvalue weighted by molar-refractivity contribution is 6.32. The Hall–Kier alpha value is -3.05. The van der Waals surface area contributed by atoms with Gasteiger partial charge in [0.25, 0.3) is 5.91 Å². The number of carbonyl (C=O) groups is 1. The molecule has 5 nitrogen and oxygen atoms in total. The van der Waals surface area contributed by atoms with Gasteiger partial charge in [-0.3, -0.25) is 9.78 Å². The third-order valence-corrected chi connectivity index (χ3v) is 4.30. The molecule has 0 fully saturated rings. The molecule has 0 bridgehead atoms. The van der Waals surface area contributed by atoms with Crippen LogP contribution in [0.15, 0.2) is 60.8 Å². The van der Waals surface area contributed by atoms with Gasteiger partial charge in [0.1, 0.15) is 11.4 Å². The summed E-state index contributed by atoms with van der Waals surface area (Å²) in [5.74, 6) is 0.375. The fraction of sp³-hybridized carbons (Fsp3) is 0.143. The van der Waals surface area contributed by atoms with E-state index in [1.807, 2.05) is 37.3 Å². The maximum absolute atomic E-state index is 12.4. The number of pyridine rings is 1. The zero-order valence-corrected chi connectivity index (χ0v) is 15.9. The molecule has 0 aliphatic heterocycles. The summed E-state index contributed by atoms with van der Waals surface area (Å²) in [5, 5.41) is 6.60. The maximum atomic E-state index is 12.4. The molecule has 0 unspecified atom stereocenters. The molecule has 2 N–H and O–H groups in total. The van der Waals surface area contributed by atoms with Crippen molar-refractivity contribution in [3.05, 3.63) is 82.6 Å². The first-order valence-electron chi connectivity index (χ1n) is 8.45. The van der Waals surface area contributed by atoms with Gasteiger partial charge in [0.15, 0.2) is 0 Å². The summed E-state index contributed by atoms with van der Waals surface area (Å²) in [5.41, 5.74) is 4.09. The average molecular weight is 382 g/mol. The highest BCUT2D eigenvalue weighted by Crippen LogP contribution is 2.28. The van der Waals surface area contributed by atoms with Crippen LogP contribution in [0, 0.1) is 6.92 Å². The molecule has 0 saturated carbocycles. The van der Waals surface area contributed by atoms with Crippen molar-refractivity contribution >= 4 is 28.9 Å². The molecule has 1 amide bonds. The molecule has 2 aromatic carbocycles. The SMILES string of the molecule is COc1ccc(Nc2ccnc(C(=O)NCc3ccc(C)cc3)c2)cc1Cl. The molecule has 1 heterocycles. The lowest BCUT2D eigenvalue weighted by Gasteiger charge is -2.10. The molecule has 0 aliphatic rings. The number of benzene rings is 2. The first kappa shape index (κ1) is 18.7. The summed E-state index contributed by atoms with van der Waals surface area (Å²) in [7, 11) is 1.57. The smallest absolute Gasteiger partial charge is 0.270 e. The van der Waals surface area contributed by atoms with Crippen LogP contribution in [-0.2, 0) is 6.54 Å². The third kappa shape index (κ3) is 4.99. The number of anilines is 2. The van der Waals surface area contributed by atoms with Crippen molar-refractivity contribution in [1.29, 1.82) is 0 Å². The minimum absolute atomic E-state index is 0.230. The van der Waals surface area contributed by atoms with E-state index < -0.39 is 0 Å². The summed E-state index contributed by atoms with van der Waals surface area (Å²) in [4.78, 5) is 16.5. The van der Waals surface area contributed by atoms with Crippen molar-refractivity contribution < 1.29 is 9.53 Å². The predicted octanol–water partition coefficient (Wildman–Crippen LogP) is 4.73. The van der Waals surface area contributed by atoms with Crippen LogP contribution in [0.1, 0.15) is 21.6 Å². The topological polar surface area (TPSA) is 63.2 Å². The Morgan fingerprint density at radius 3 is 2.52 bits per heavy atom. The van der Waals surface area contributed by atoms with E-state index in [1.165, 1.54) is 5.56 Å². The second-order valence-electron chi connectivity index (χ2n) is 6.07. The number of carbonyl (C=O) groups excluding carboxylic acids is 1. The molecule has 0 spiro atoms. The van der Waals surface area contributed by atoms with E-state index in [2.05, 4.69) is 15.6 Å². The molecule has 3 aromatic rings. The predicted molar refractivity (Wildman–Crippen MR) is 108 cm³/mol. The summed E-state index contributed by atoms with van der Waals surface area (Å²) in [6, 6.07) is 16.9. The molecule has 1 aromatic heterocycles. The van der Waals surface area contributed by atoms with Crippen LogP contribution >= 0.6 is 11.6 Å². The van der Waals surface area contributed by atoms with Crippen LogP contribution in [-0.4, -0.2) is 18.0 Å². The number of aryl methyl sites for hydroxylation is 1. The number of hydrogen-bond acceptors (Lipinski definition) is 4. The van der Waals surface area contributed by atoms with E-state index in [0.29, 0.717) is 23.0 Å². The second-order valence-corrected chi connectivity index (χ2v) is 6.48. The highest BCUT2D eigenvalue weighted by Gasteiger charge is 2.09. The standard InChI is InChI=1S/C21H20ClN3O2/c1-14-3-5-15(6-4-14)13-24-21(26)19-12-17(9-10-23-19)25-16-7-8-20(27-2)18(22)11-16/h3-12H,13H2,1-2H3,(H,23,25)(H,24,26). The molecular weight excluding hydrogens is 362 g/mol. The molecule has 0 atom stereocenters. The van der Waals surface area contributed by atoms with Crippen LogP contribution in [0.5, 0.6) is 5.75 Å². The second kappa shape index (κ2) is 8.56. The van der Waals surface area contributed by atoms with Gasteiger partial charge in [-0.1, -0.05) is 41.4 Å². The van der Waals surface area contributed by atoms with Crippen molar-refractivity contribution in [2.75, 3.05) is 12.4 Å². The average Bonchev–Trinajstić information content (AvgIpc) is 2.68. The number of amides is 1. The van der Waals surface area contributed by atoms with Crippen LogP contribution < -0.4 is 15.4 Å². The van der Waals surface area contributed by atoms with Crippen molar-refractivity contribution in [3.8, 4) is 5.75 Å². The number of nitrogens with zero attached hydrogens (tertiary/aromatic N) is 1. The first-order valence-corrected chi connectivity index (χ1v) is 8.83. The van der Waals surface area contributed by atoms with Crippen LogP contribution in [0.25, 0.3) is 0 Å². The fourth-order valence-electron chi connectivity index (χ4n) is 2.52. The summed E-state index contributed by atoms with van der Waals surface area (Å²) in [6.07, 6.45) is 1.59. The van der Waals surface area contributed by atoms with Crippen molar-refractivity contribution in [3.63, 3.8) is 0 Å². The molecule has 27 heavy (non-hydrogen) atoms. The van der Waals surface area contributed by atoms with Crippen LogP contribution in [0.3, 0.4) is 0 Å². The molecule has 0 saturated heterocycles. The molecule has 3 rings (SSSR count). The van der Waals surface area contributed by atoms with Gasteiger partial charge in [0.2, 0.25) is 0 Å². The summed E-state index contributed by atoms with van der Waals surface area (Å²) in [6.45, 7) is 2.48. The quantitative estimate of drug-likeness (QED) is 0.648. The van der Waals surface area contributed by atoms with E-state index in [1.54, 1.807) is 37.6 Å². The Kier molecular flexibility index (Phi) is 5.94. The molecule has 0 aliphatic carbocycles. The Morgan fingerprint density at radius 2 is 1.81 bits per heavy atom. The van der Waals surface area contributed by atoms with Gasteiger partial charge >= 0.3 is 0 Å². The van der Waals surface area contributed by atoms with E-state index >= 15 is 0 Å². The molecule has 0 radical (unpaired) electrons. The van der Waals surface area contributed by atoms with Gasteiger partial charge in [-0.25, -0.2) is 0 Å². The Bertz CT molecular complexity index is 942. The minimum Gasteiger partial charge on any atom is -0.495 e. The van der Waals surface area contributed by atoms with Gasteiger partial charge in [0, 0.05) is 24.1 Å². The van der Waals surface area contributed by atoms with Crippen molar-refractivity contribution in [2.24, 2.45) is 0 Å². The summed E-state index contributed by atoms with van der Waals surface area (Å²) >= 11 is 6.15.